The molecule has 7 heteroatoms. The summed E-state index contributed by atoms with van der Waals surface area (Å²) in [6.07, 6.45) is 2.09. The van der Waals surface area contributed by atoms with E-state index in [2.05, 4.69) is 12.0 Å². The van der Waals surface area contributed by atoms with Crippen molar-refractivity contribution in [1.82, 2.24) is 9.78 Å². The molecular formula is C13H21ClN2O2S2. The van der Waals surface area contributed by atoms with Gasteiger partial charge in [-0.25, -0.2) is 0 Å². The standard InChI is InChI=1S/C13H21ClN2O2S2/c1-3-10-13(20-7-6-19-10)12(17)11-9(14)8-15-16(11)4-5-18-2/h8,10,12-13,17H,3-7H2,1-2H3. The summed E-state index contributed by atoms with van der Waals surface area (Å²) in [5.74, 6) is 2.23. The molecule has 0 aromatic carbocycles. The molecule has 20 heavy (non-hydrogen) atoms. The highest BCUT2D eigenvalue weighted by atomic mass is 35.5. The molecule has 1 aliphatic heterocycles. The molecule has 1 aliphatic rings. The molecule has 0 spiro atoms. The van der Waals surface area contributed by atoms with Crippen molar-refractivity contribution < 1.29 is 9.84 Å². The van der Waals surface area contributed by atoms with E-state index in [0.717, 1.165) is 23.6 Å². The zero-order chi connectivity index (χ0) is 14.5. The second kappa shape index (κ2) is 7.94. The molecule has 2 heterocycles. The van der Waals surface area contributed by atoms with Gasteiger partial charge in [0, 0.05) is 29.1 Å². The lowest BCUT2D eigenvalue weighted by Gasteiger charge is -2.33. The van der Waals surface area contributed by atoms with E-state index in [0.29, 0.717) is 23.4 Å². The Hall–Kier alpha value is 0.120. The maximum atomic E-state index is 10.8. The van der Waals surface area contributed by atoms with Crippen LogP contribution in [-0.2, 0) is 11.3 Å². The van der Waals surface area contributed by atoms with Crippen LogP contribution in [0.15, 0.2) is 6.20 Å². The molecule has 1 N–H and O–H groups in total. The van der Waals surface area contributed by atoms with Crippen LogP contribution in [0.25, 0.3) is 0 Å². The van der Waals surface area contributed by atoms with Crippen LogP contribution in [0.1, 0.15) is 25.1 Å². The maximum absolute atomic E-state index is 10.8. The minimum Gasteiger partial charge on any atom is -0.386 e. The average Bonchev–Trinajstić information content (AvgIpc) is 2.85. The van der Waals surface area contributed by atoms with Crippen LogP contribution in [0, 0.1) is 0 Å². The van der Waals surface area contributed by atoms with Gasteiger partial charge < -0.3 is 9.84 Å². The average molecular weight is 337 g/mol. The first-order valence-electron chi connectivity index (χ1n) is 6.80. The number of nitrogens with zero attached hydrogens (tertiary/aromatic N) is 2. The number of aliphatic hydroxyl groups excluding tert-OH is 1. The summed E-state index contributed by atoms with van der Waals surface area (Å²) < 4.78 is 6.85. The molecule has 3 unspecified atom stereocenters. The first-order chi connectivity index (χ1) is 9.69. The van der Waals surface area contributed by atoms with E-state index in [1.807, 2.05) is 23.5 Å². The van der Waals surface area contributed by atoms with Crippen LogP contribution in [0.5, 0.6) is 0 Å². The van der Waals surface area contributed by atoms with Gasteiger partial charge >= 0.3 is 0 Å². The van der Waals surface area contributed by atoms with Crippen molar-refractivity contribution in [2.45, 2.75) is 36.5 Å². The van der Waals surface area contributed by atoms with E-state index < -0.39 is 6.10 Å². The van der Waals surface area contributed by atoms with Gasteiger partial charge in [0.05, 0.1) is 30.1 Å². The molecule has 0 saturated carbocycles. The second-order valence-electron chi connectivity index (χ2n) is 4.69. The predicted molar refractivity (Wildman–Crippen MR) is 86.9 cm³/mol. The number of rotatable bonds is 6. The van der Waals surface area contributed by atoms with Gasteiger partial charge in [0.25, 0.3) is 0 Å². The Bertz CT molecular complexity index is 431. The topological polar surface area (TPSA) is 47.3 Å². The van der Waals surface area contributed by atoms with Gasteiger partial charge in [-0.2, -0.15) is 28.6 Å². The quantitative estimate of drug-likeness (QED) is 0.865. The summed E-state index contributed by atoms with van der Waals surface area (Å²) in [4.78, 5) is 0. The van der Waals surface area contributed by atoms with Crippen LogP contribution in [-0.4, -0.2) is 50.6 Å². The molecule has 4 nitrogen and oxygen atoms in total. The van der Waals surface area contributed by atoms with E-state index in [4.69, 9.17) is 16.3 Å². The monoisotopic (exact) mass is 336 g/mol. The second-order valence-corrected chi connectivity index (χ2v) is 7.73. The zero-order valence-electron chi connectivity index (χ0n) is 11.8. The van der Waals surface area contributed by atoms with Crippen LogP contribution in [0.4, 0.5) is 0 Å². The van der Waals surface area contributed by atoms with Gasteiger partial charge in [-0.15, -0.1) is 0 Å². The van der Waals surface area contributed by atoms with Gasteiger partial charge in [-0.05, 0) is 6.42 Å². The van der Waals surface area contributed by atoms with Crippen molar-refractivity contribution in [3.05, 3.63) is 16.9 Å². The number of methoxy groups -OCH3 is 1. The van der Waals surface area contributed by atoms with Crippen LogP contribution in [0.3, 0.4) is 0 Å². The lowest BCUT2D eigenvalue weighted by atomic mass is 10.1. The van der Waals surface area contributed by atoms with E-state index >= 15 is 0 Å². The van der Waals surface area contributed by atoms with E-state index in [-0.39, 0.29) is 5.25 Å². The SMILES string of the molecule is CCC1SCCSC1C(O)c1c(Cl)cnn1CCOC. The van der Waals surface area contributed by atoms with Crippen molar-refractivity contribution in [3.8, 4) is 0 Å². The number of ether oxygens (including phenoxy) is 1. The Balaban J connectivity index is 2.18. The molecule has 3 atom stereocenters. The number of aliphatic hydroxyl groups is 1. The van der Waals surface area contributed by atoms with Crippen molar-refractivity contribution in [3.63, 3.8) is 0 Å². The number of halogens is 1. The molecular weight excluding hydrogens is 316 g/mol. The van der Waals surface area contributed by atoms with Crippen molar-refractivity contribution >= 4 is 35.1 Å². The normalized spacial score (nSPS) is 24.8. The summed E-state index contributed by atoms with van der Waals surface area (Å²) in [6.45, 7) is 3.34. The molecule has 1 fully saturated rings. The molecule has 1 aromatic rings. The summed E-state index contributed by atoms with van der Waals surface area (Å²) in [5.41, 5.74) is 0.724. The van der Waals surface area contributed by atoms with Crippen LogP contribution >= 0.6 is 35.1 Å². The number of hydrogen-bond donors (Lipinski definition) is 1. The highest BCUT2D eigenvalue weighted by molar-refractivity contribution is 8.07. The molecule has 0 radical (unpaired) electrons. The van der Waals surface area contributed by atoms with Crippen LogP contribution < -0.4 is 0 Å². The molecule has 0 amide bonds. The fraction of sp³-hybridized carbons (Fsp3) is 0.769. The number of aromatic nitrogens is 2. The van der Waals surface area contributed by atoms with Crippen molar-refractivity contribution in [2.75, 3.05) is 25.2 Å². The third kappa shape index (κ3) is 3.65. The summed E-state index contributed by atoms with van der Waals surface area (Å²) in [7, 11) is 1.65. The summed E-state index contributed by atoms with van der Waals surface area (Å²) in [5, 5.41) is 16.2. The predicted octanol–water partition coefficient (Wildman–Crippen LogP) is 2.84. The summed E-state index contributed by atoms with van der Waals surface area (Å²) >= 11 is 10.0. The van der Waals surface area contributed by atoms with Gasteiger partial charge in [0.1, 0.15) is 6.10 Å². The Labute approximate surface area is 133 Å². The smallest absolute Gasteiger partial charge is 0.110 e. The van der Waals surface area contributed by atoms with Gasteiger partial charge in [-0.1, -0.05) is 18.5 Å². The minimum absolute atomic E-state index is 0.175. The van der Waals surface area contributed by atoms with Gasteiger partial charge in [0.15, 0.2) is 0 Å². The molecule has 2 rings (SSSR count). The fourth-order valence-corrected chi connectivity index (χ4v) is 5.77. The lowest BCUT2D eigenvalue weighted by molar-refractivity contribution is 0.149. The lowest BCUT2D eigenvalue weighted by Crippen LogP contribution is -2.32. The van der Waals surface area contributed by atoms with Gasteiger partial charge in [-0.3, -0.25) is 4.68 Å². The zero-order valence-corrected chi connectivity index (χ0v) is 14.2. The van der Waals surface area contributed by atoms with Gasteiger partial charge in [0.2, 0.25) is 0 Å². The Morgan fingerprint density at radius 2 is 2.30 bits per heavy atom. The van der Waals surface area contributed by atoms with E-state index in [9.17, 15) is 5.11 Å². The minimum atomic E-state index is -0.579. The number of thioether (sulfide) groups is 2. The Morgan fingerprint density at radius 1 is 1.55 bits per heavy atom. The first-order valence-corrected chi connectivity index (χ1v) is 9.28. The highest BCUT2D eigenvalue weighted by Crippen LogP contribution is 2.41. The molecule has 0 aliphatic carbocycles. The highest BCUT2D eigenvalue weighted by Gasteiger charge is 2.34. The maximum Gasteiger partial charge on any atom is 0.110 e. The fourth-order valence-electron chi connectivity index (χ4n) is 2.41. The molecule has 0 bridgehead atoms. The van der Waals surface area contributed by atoms with Crippen molar-refractivity contribution in [2.24, 2.45) is 0 Å². The Kier molecular flexibility index (Phi) is 6.55. The molecule has 114 valence electrons. The third-order valence-electron chi connectivity index (χ3n) is 3.43. The first kappa shape index (κ1) is 16.5. The molecule has 1 saturated heterocycles. The largest absolute Gasteiger partial charge is 0.386 e. The summed E-state index contributed by atoms with van der Waals surface area (Å²) in [6, 6.07) is 0. The van der Waals surface area contributed by atoms with Crippen LogP contribution in [0.2, 0.25) is 5.02 Å². The van der Waals surface area contributed by atoms with E-state index in [1.165, 1.54) is 0 Å². The Morgan fingerprint density at radius 3 is 3.00 bits per heavy atom. The molecule has 1 aromatic heterocycles. The number of hydrogen-bond acceptors (Lipinski definition) is 5. The van der Waals surface area contributed by atoms with E-state index in [1.54, 1.807) is 18.0 Å². The van der Waals surface area contributed by atoms with Crippen molar-refractivity contribution in [1.29, 1.82) is 0 Å². The third-order valence-corrected chi connectivity index (χ3v) is 7.05.